The van der Waals surface area contributed by atoms with Gasteiger partial charge in [0, 0.05) is 37.8 Å². The zero-order valence-electron chi connectivity index (χ0n) is 12.4. The number of nitrogens with two attached hydrogens (primary N) is 1. The Hall–Kier alpha value is -2.02. The summed E-state index contributed by atoms with van der Waals surface area (Å²) < 4.78 is 5.60. The van der Waals surface area contributed by atoms with Crippen LogP contribution in [0, 0.1) is 0 Å². The molecule has 0 radical (unpaired) electrons. The maximum atomic E-state index is 11.0. The molecule has 1 aliphatic heterocycles. The lowest BCUT2D eigenvalue weighted by Gasteiger charge is -2.43. The Morgan fingerprint density at radius 1 is 1.43 bits per heavy atom. The van der Waals surface area contributed by atoms with E-state index in [0.717, 1.165) is 6.54 Å². The third-order valence-electron chi connectivity index (χ3n) is 3.73. The molecule has 2 atom stereocenters. The summed E-state index contributed by atoms with van der Waals surface area (Å²) >= 11 is 0. The summed E-state index contributed by atoms with van der Waals surface area (Å²) in [6.07, 6.45) is 0.710. The average molecular weight is 294 g/mol. The molecule has 3 N–H and O–H groups in total. The fraction of sp³-hybridized carbons (Fsp3) is 0.571. The standard InChI is InChI=1S/C14H22N4O3/c1-10-8-17(14(19)20)9-11(2)18(10)5-6-21-13-4-3-12(15)7-16-13/h3-4,7,10-11H,5-6,8-9,15H2,1-2H3,(H,19,20)/t10-,11?/m1/s1. The van der Waals surface area contributed by atoms with Gasteiger partial charge in [0.2, 0.25) is 5.88 Å². The van der Waals surface area contributed by atoms with E-state index < -0.39 is 6.09 Å². The van der Waals surface area contributed by atoms with Gasteiger partial charge in [0.15, 0.2) is 0 Å². The molecule has 2 rings (SSSR count). The van der Waals surface area contributed by atoms with Crippen LogP contribution >= 0.6 is 0 Å². The van der Waals surface area contributed by atoms with Crippen molar-refractivity contribution in [1.29, 1.82) is 0 Å². The third-order valence-corrected chi connectivity index (χ3v) is 3.73. The Balaban J connectivity index is 1.82. The third kappa shape index (κ3) is 3.98. The molecule has 0 saturated carbocycles. The summed E-state index contributed by atoms with van der Waals surface area (Å²) in [5.74, 6) is 0.550. The molecule has 116 valence electrons. The van der Waals surface area contributed by atoms with Crippen LogP contribution in [0.15, 0.2) is 18.3 Å². The maximum Gasteiger partial charge on any atom is 0.407 e. The van der Waals surface area contributed by atoms with E-state index in [-0.39, 0.29) is 12.1 Å². The van der Waals surface area contributed by atoms with Crippen molar-refractivity contribution in [2.45, 2.75) is 25.9 Å². The van der Waals surface area contributed by atoms with Crippen LogP contribution in [0.25, 0.3) is 0 Å². The quantitative estimate of drug-likeness (QED) is 0.864. The van der Waals surface area contributed by atoms with E-state index in [4.69, 9.17) is 15.6 Å². The number of carboxylic acid groups (broad SMARTS) is 1. The van der Waals surface area contributed by atoms with Gasteiger partial charge in [0.1, 0.15) is 6.61 Å². The van der Waals surface area contributed by atoms with Crippen LogP contribution in [0.1, 0.15) is 13.8 Å². The van der Waals surface area contributed by atoms with Crippen LogP contribution in [0.3, 0.4) is 0 Å². The van der Waals surface area contributed by atoms with Crippen molar-refractivity contribution in [2.24, 2.45) is 0 Å². The Kier molecular flexibility index (Phi) is 4.85. The molecule has 0 spiro atoms. The van der Waals surface area contributed by atoms with Gasteiger partial charge in [-0.05, 0) is 19.9 Å². The van der Waals surface area contributed by atoms with Gasteiger partial charge in [0.05, 0.1) is 11.9 Å². The first-order valence-corrected chi connectivity index (χ1v) is 7.05. The summed E-state index contributed by atoms with van der Waals surface area (Å²) in [7, 11) is 0. The Morgan fingerprint density at radius 3 is 2.62 bits per heavy atom. The van der Waals surface area contributed by atoms with Gasteiger partial charge in [-0.3, -0.25) is 4.90 Å². The largest absolute Gasteiger partial charge is 0.476 e. The highest BCUT2D eigenvalue weighted by Gasteiger charge is 2.31. The van der Waals surface area contributed by atoms with Crippen LogP contribution in [-0.4, -0.2) is 64.3 Å². The molecule has 1 unspecified atom stereocenters. The van der Waals surface area contributed by atoms with E-state index in [0.29, 0.717) is 31.3 Å². The number of anilines is 1. The van der Waals surface area contributed by atoms with Crippen molar-refractivity contribution in [1.82, 2.24) is 14.8 Å². The molecule has 21 heavy (non-hydrogen) atoms. The summed E-state index contributed by atoms with van der Waals surface area (Å²) in [5, 5.41) is 9.07. The molecule has 1 aliphatic rings. The predicted molar refractivity (Wildman–Crippen MR) is 79.4 cm³/mol. The summed E-state index contributed by atoms with van der Waals surface area (Å²) in [4.78, 5) is 18.9. The van der Waals surface area contributed by atoms with Crippen LogP contribution in [0.2, 0.25) is 0 Å². The highest BCUT2D eigenvalue weighted by molar-refractivity contribution is 5.65. The highest BCUT2D eigenvalue weighted by Crippen LogP contribution is 2.16. The molecule has 0 bridgehead atoms. The molecule has 2 heterocycles. The van der Waals surface area contributed by atoms with E-state index in [1.807, 2.05) is 13.8 Å². The number of nitrogens with zero attached hydrogens (tertiary/aromatic N) is 3. The number of rotatable bonds is 4. The van der Waals surface area contributed by atoms with Crippen molar-refractivity contribution < 1.29 is 14.6 Å². The van der Waals surface area contributed by atoms with Gasteiger partial charge < -0.3 is 20.5 Å². The average Bonchev–Trinajstić information content (AvgIpc) is 2.43. The smallest absolute Gasteiger partial charge is 0.407 e. The second kappa shape index (κ2) is 6.62. The van der Waals surface area contributed by atoms with Crippen molar-refractivity contribution in [3.05, 3.63) is 18.3 Å². The molecule has 1 aromatic rings. The highest BCUT2D eigenvalue weighted by atomic mass is 16.5. The normalized spacial score (nSPS) is 23.0. The topological polar surface area (TPSA) is 91.9 Å². The van der Waals surface area contributed by atoms with Crippen molar-refractivity contribution in [3.63, 3.8) is 0 Å². The fourth-order valence-electron chi connectivity index (χ4n) is 2.69. The maximum absolute atomic E-state index is 11.0. The monoisotopic (exact) mass is 294 g/mol. The molecule has 7 heteroatoms. The van der Waals surface area contributed by atoms with Crippen LogP contribution in [0.5, 0.6) is 5.88 Å². The number of piperazine rings is 1. The van der Waals surface area contributed by atoms with Crippen LogP contribution in [-0.2, 0) is 0 Å². The minimum atomic E-state index is -0.851. The molecule has 7 nitrogen and oxygen atoms in total. The van der Waals surface area contributed by atoms with Crippen molar-refractivity contribution in [2.75, 3.05) is 32.0 Å². The van der Waals surface area contributed by atoms with Crippen LogP contribution < -0.4 is 10.5 Å². The second-order valence-corrected chi connectivity index (χ2v) is 5.40. The number of hydrogen-bond donors (Lipinski definition) is 2. The molecule has 0 aliphatic carbocycles. The molecule has 1 amide bonds. The van der Waals surface area contributed by atoms with Crippen LogP contribution in [0.4, 0.5) is 10.5 Å². The van der Waals surface area contributed by atoms with E-state index >= 15 is 0 Å². The number of carbonyl (C=O) groups is 1. The van der Waals surface area contributed by atoms with Gasteiger partial charge >= 0.3 is 6.09 Å². The van der Waals surface area contributed by atoms with Gasteiger partial charge in [-0.15, -0.1) is 0 Å². The molecule has 1 saturated heterocycles. The second-order valence-electron chi connectivity index (χ2n) is 5.40. The number of ether oxygens (including phenoxy) is 1. The number of hydrogen-bond acceptors (Lipinski definition) is 5. The molecule has 1 aromatic heterocycles. The first-order chi connectivity index (χ1) is 9.97. The minimum absolute atomic E-state index is 0.174. The molecule has 1 fully saturated rings. The molecule has 0 aromatic carbocycles. The Labute approximate surface area is 124 Å². The number of aromatic nitrogens is 1. The Bertz CT molecular complexity index is 468. The van der Waals surface area contributed by atoms with Gasteiger partial charge in [-0.2, -0.15) is 0 Å². The minimum Gasteiger partial charge on any atom is -0.476 e. The Morgan fingerprint density at radius 2 is 2.10 bits per heavy atom. The summed E-state index contributed by atoms with van der Waals surface area (Å²) in [5.41, 5.74) is 6.17. The van der Waals surface area contributed by atoms with Gasteiger partial charge in [0.25, 0.3) is 0 Å². The first kappa shape index (κ1) is 15.4. The fourth-order valence-corrected chi connectivity index (χ4v) is 2.69. The first-order valence-electron chi connectivity index (χ1n) is 7.05. The van der Waals surface area contributed by atoms with E-state index in [1.165, 1.54) is 4.90 Å². The van der Waals surface area contributed by atoms with Crippen molar-refractivity contribution >= 4 is 11.8 Å². The van der Waals surface area contributed by atoms with Crippen molar-refractivity contribution in [3.8, 4) is 5.88 Å². The molecular weight excluding hydrogens is 272 g/mol. The van der Waals surface area contributed by atoms with E-state index in [9.17, 15) is 4.79 Å². The zero-order valence-corrected chi connectivity index (χ0v) is 12.4. The summed E-state index contributed by atoms with van der Waals surface area (Å²) in [6.45, 7) is 6.38. The lowest BCUT2D eigenvalue weighted by atomic mass is 10.1. The molecular formula is C14H22N4O3. The number of pyridine rings is 1. The van der Waals surface area contributed by atoms with E-state index in [2.05, 4.69) is 9.88 Å². The van der Waals surface area contributed by atoms with E-state index in [1.54, 1.807) is 18.3 Å². The zero-order chi connectivity index (χ0) is 15.4. The predicted octanol–water partition coefficient (Wildman–Crippen LogP) is 1.12. The van der Waals surface area contributed by atoms with Gasteiger partial charge in [-0.1, -0.05) is 0 Å². The SMILES string of the molecule is CC1CN(C(=O)O)C[C@@H](C)N1CCOc1ccc(N)cn1. The number of nitrogen functional groups attached to an aromatic ring is 1. The summed E-state index contributed by atoms with van der Waals surface area (Å²) in [6, 6.07) is 3.84. The van der Waals surface area contributed by atoms with Gasteiger partial charge in [-0.25, -0.2) is 9.78 Å². The lowest BCUT2D eigenvalue weighted by molar-refractivity contribution is 0.0319. The number of amides is 1. The lowest BCUT2D eigenvalue weighted by Crippen LogP contribution is -2.58.